The van der Waals surface area contributed by atoms with Crippen LogP contribution in [0, 0.1) is 25.2 Å². The smallest absolute Gasteiger partial charge is 0.262 e. The lowest BCUT2D eigenvalue weighted by Gasteiger charge is -2.33. The van der Waals surface area contributed by atoms with Gasteiger partial charge in [0.1, 0.15) is 10.8 Å². The average Bonchev–Trinajstić information content (AvgIpc) is 2.97. The zero-order valence-corrected chi connectivity index (χ0v) is 18.7. The van der Waals surface area contributed by atoms with Gasteiger partial charge >= 0.3 is 0 Å². The van der Waals surface area contributed by atoms with Crippen LogP contribution >= 0.6 is 11.3 Å². The number of ether oxygens (including phenoxy) is 1. The highest BCUT2D eigenvalue weighted by Gasteiger charge is 2.33. The van der Waals surface area contributed by atoms with Gasteiger partial charge in [-0.05, 0) is 61.1 Å². The minimum absolute atomic E-state index is 0.114. The molecule has 2 aromatic rings. The molecule has 0 bridgehead atoms. The highest BCUT2D eigenvalue weighted by molar-refractivity contribution is 7.17. The number of nitrogens with two attached hydrogens (primary N) is 1. The number of benzene rings is 1. The molecule has 3 rings (SSSR count). The molecule has 3 N–H and O–H groups in total. The second kappa shape index (κ2) is 8.19. The number of amides is 2. The van der Waals surface area contributed by atoms with Gasteiger partial charge in [-0.25, -0.2) is 0 Å². The largest absolute Gasteiger partial charge is 0.483 e. The van der Waals surface area contributed by atoms with E-state index in [4.69, 9.17) is 10.5 Å². The van der Waals surface area contributed by atoms with E-state index in [9.17, 15) is 9.59 Å². The van der Waals surface area contributed by atoms with Crippen LogP contribution in [0.2, 0.25) is 0 Å². The van der Waals surface area contributed by atoms with Crippen molar-refractivity contribution in [1.29, 1.82) is 0 Å². The Balaban J connectivity index is 1.76. The van der Waals surface area contributed by atoms with Gasteiger partial charge in [-0.1, -0.05) is 39.0 Å². The second-order valence-corrected chi connectivity index (χ2v) is 10.0. The van der Waals surface area contributed by atoms with E-state index < -0.39 is 5.91 Å². The van der Waals surface area contributed by atoms with Crippen LogP contribution in [-0.4, -0.2) is 18.4 Å². The maximum Gasteiger partial charge on any atom is 0.262 e. The number of primary amides is 1. The van der Waals surface area contributed by atoms with Crippen LogP contribution < -0.4 is 15.8 Å². The fourth-order valence-corrected chi connectivity index (χ4v) is 5.35. The van der Waals surface area contributed by atoms with Crippen LogP contribution in [0.5, 0.6) is 5.75 Å². The van der Waals surface area contributed by atoms with E-state index in [1.807, 2.05) is 32.0 Å². The molecule has 6 heteroatoms. The Kier molecular flexibility index (Phi) is 6.03. The first kappa shape index (κ1) is 21.4. The van der Waals surface area contributed by atoms with E-state index in [1.54, 1.807) is 0 Å². The van der Waals surface area contributed by atoms with Gasteiger partial charge in [-0.15, -0.1) is 11.3 Å². The molecule has 1 aliphatic rings. The molecule has 0 fully saturated rings. The fourth-order valence-electron chi connectivity index (χ4n) is 4.00. The van der Waals surface area contributed by atoms with Crippen LogP contribution in [0.25, 0.3) is 0 Å². The standard InChI is InChI=1S/C23H30N2O3S/c1-13-7-6-8-14(2)20(13)28-12-18(26)25-22-19(21(24)27)16-10-9-15(23(3,4)5)11-17(16)29-22/h6-8,15H,9-12H2,1-5H3,(H2,24,27)(H,25,26). The van der Waals surface area contributed by atoms with Gasteiger partial charge < -0.3 is 15.8 Å². The number of hydrogen-bond donors (Lipinski definition) is 2. The molecule has 156 valence electrons. The Morgan fingerprint density at radius 3 is 2.48 bits per heavy atom. The molecule has 1 aliphatic carbocycles. The Morgan fingerprint density at radius 2 is 1.90 bits per heavy atom. The lowest BCUT2D eigenvalue weighted by Crippen LogP contribution is -2.27. The maximum absolute atomic E-state index is 12.5. The summed E-state index contributed by atoms with van der Waals surface area (Å²) in [6.07, 6.45) is 2.76. The Morgan fingerprint density at radius 1 is 1.24 bits per heavy atom. The molecule has 5 nitrogen and oxygen atoms in total. The van der Waals surface area contributed by atoms with Gasteiger partial charge in [-0.2, -0.15) is 0 Å². The number of aryl methyl sites for hydroxylation is 2. The van der Waals surface area contributed by atoms with Gasteiger partial charge in [-0.3, -0.25) is 9.59 Å². The zero-order valence-electron chi connectivity index (χ0n) is 17.8. The first-order valence-electron chi connectivity index (χ1n) is 10.0. The molecule has 1 atom stereocenters. The number of nitrogens with one attached hydrogen (secondary N) is 1. The topological polar surface area (TPSA) is 81.4 Å². The van der Waals surface area contributed by atoms with Crippen molar-refractivity contribution >= 4 is 28.2 Å². The molecule has 1 heterocycles. The van der Waals surface area contributed by atoms with Crippen molar-refractivity contribution in [3.8, 4) is 5.75 Å². The number of carbonyl (C=O) groups excluding carboxylic acids is 2. The van der Waals surface area contributed by atoms with Crippen molar-refractivity contribution in [2.75, 3.05) is 11.9 Å². The number of para-hydroxylation sites is 1. The van der Waals surface area contributed by atoms with E-state index in [0.717, 1.165) is 46.6 Å². The zero-order chi connectivity index (χ0) is 21.3. The van der Waals surface area contributed by atoms with Gasteiger partial charge in [0.2, 0.25) is 0 Å². The van der Waals surface area contributed by atoms with Crippen LogP contribution in [0.3, 0.4) is 0 Å². The van der Waals surface area contributed by atoms with Crippen molar-refractivity contribution in [1.82, 2.24) is 0 Å². The van der Waals surface area contributed by atoms with Crippen molar-refractivity contribution < 1.29 is 14.3 Å². The minimum Gasteiger partial charge on any atom is -0.483 e. The fraction of sp³-hybridized carbons (Fsp3) is 0.478. The van der Waals surface area contributed by atoms with Crippen molar-refractivity contribution in [3.63, 3.8) is 0 Å². The summed E-state index contributed by atoms with van der Waals surface area (Å²) in [4.78, 5) is 25.8. The van der Waals surface area contributed by atoms with Gasteiger partial charge in [0.25, 0.3) is 11.8 Å². The number of fused-ring (bicyclic) bond motifs is 1. The molecule has 29 heavy (non-hydrogen) atoms. The lowest BCUT2D eigenvalue weighted by molar-refractivity contribution is -0.118. The molecule has 0 saturated carbocycles. The first-order chi connectivity index (χ1) is 13.6. The SMILES string of the molecule is Cc1cccc(C)c1OCC(=O)Nc1sc2c(c1C(N)=O)CCC(C(C)(C)C)C2. The molecule has 1 aromatic carbocycles. The molecule has 0 radical (unpaired) electrons. The summed E-state index contributed by atoms with van der Waals surface area (Å²) < 4.78 is 5.74. The van der Waals surface area contributed by atoms with Crippen LogP contribution in [-0.2, 0) is 17.6 Å². The van der Waals surface area contributed by atoms with E-state index >= 15 is 0 Å². The summed E-state index contributed by atoms with van der Waals surface area (Å²) in [6.45, 7) is 10.5. The summed E-state index contributed by atoms with van der Waals surface area (Å²) in [6, 6.07) is 5.85. The Labute approximate surface area is 176 Å². The van der Waals surface area contributed by atoms with Crippen molar-refractivity contribution in [3.05, 3.63) is 45.3 Å². The number of hydrogen-bond acceptors (Lipinski definition) is 4. The van der Waals surface area contributed by atoms with E-state index in [2.05, 4.69) is 26.1 Å². The van der Waals surface area contributed by atoms with E-state index in [-0.39, 0.29) is 17.9 Å². The summed E-state index contributed by atoms with van der Waals surface area (Å²) in [5, 5.41) is 3.41. The normalized spacial score (nSPS) is 16.2. The second-order valence-electron chi connectivity index (χ2n) is 8.94. The average molecular weight is 415 g/mol. The molecule has 2 amide bonds. The van der Waals surface area contributed by atoms with Crippen molar-refractivity contribution in [2.24, 2.45) is 17.1 Å². The highest BCUT2D eigenvalue weighted by Crippen LogP contribution is 2.44. The van der Waals surface area contributed by atoms with Crippen molar-refractivity contribution in [2.45, 2.75) is 53.9 Å². The molecule has 1 aromatic heterocycles. The number of carbonyl (C=O) groups is 2. The van der Waals surface area contributed by atoms with Gasteiger partial charge in [0.15, 0.2) is 6.61 Å². The van der Waals surface area contributed by atoms with E-state index in [0.29, 0.717) is 16.5 Å². The summed E-state index contributed by atoms with van der Waals surface area (Å²) in [5.41, 5.74) is 9.32. The monoisotopic (exact) mass is 414 g/mol. The number of anilines is 1. The molecule has 1 unspecified atom stereocenters. The minimum atomic E-state index is -0.484. The summed E-state index contributed by atoms with van der Waals surface area (Å²) in [7, 11) is 0. The van der Waals surface area contributed by atoms with Crippen LogP contribution in [0.4, 0.5) is 5.00 Å². The third-order valence-corrected chi connectivity index (χ3v) is 6.92. The quantitative estimate of drug-likeness (QED) is 0.748. The molecule has 0 aliphatic heterocycles. The van der Waals surface area contributed by atoms with Gasteiger partial charge in [0.05, 0.1) is 5.56 Å². The van der Waals surface area contributed by atoms with Crippen LogP contribution in [0.15, 0.2) is 18.2 Å². The third-order valence-electron chi connectivity index (χ3n) is 5.75. The lowest BCUT2D eigenvalue weighted by atomic mass is 9.72. The Bertz CT molecular complexity index is 920. The summed E-state index contributed by atoms with van der Waals surface area (Å²) >= 11 is 1.48. The molecule has 0 spiro atoms. The third kappa shape index (κ3) is 4.64. The first-order valence-corrected chi connectivity index (χ1v) is 10.8. The molecule has 0 saturated heterocycles. The predicted octanol–water partition coefficient (Wildman–Crippen LogP) is 4.63. The predicted molar refractivity (Wildman–Crippen MR) is 118 cm³/mol. The molecular weight excluding hydrogens is 384 g/mol. The number of thiophene rings is 1. The van der Waals surface area contributed by atoms with Gasteiger partial charge in [0, 0.05) is 4.88 Å². The van der Waals surface area contributed by atoms with E-state index in [1.165, 1.54) is 11.3 Å². The van der Waals surface area contributed by atoms with Crippen LogP contribution in [0.1, 0.15) is 59.1 Å². The Hall–Kier alpha value is -2.34. The highest BCUT2D eigenvalue weighted by atomic mass is 32.1. The molecular formula is C23H30N2O3S. The summed E-state index contributed by atoms with van der Waals surface area (Å²) in [5.74, 6) is 0.491. The number of rotatable bonds is 5. The maximum atomic E-state index is 12.5.